The molecule has 0 bridgehead atoms. The molecule has 2 aromatic carbocycles. The van der Waals surface area contributed by atoms with Gasteiger partial charge in [0.25, 0.3) is 5.56 Å². The molecular formula is C16H11F3N2O. The summed E-state index contributed by atoms with van der Waals surface area (Å²) in [6, 6.07) is 15.1. The SMILES string of the molecule is O=c1cc(-c2ccccc2)[nH]n1-c1cccc(C(F)(F)F)c1. The van der Waals surface area contributed by atoms with Gasteiger partial charge in [-0.1, -0.05) is 36.4 Å². The van der Waals surface area contributed by atoms with Crippen LogP contribution in [0.25, 0.3) is 16.9 Å². The van der Waals surface area contributed by atoms with Gasteiger partial charge in [-0.2, -0.15) is 13.2 Å². The molecule has 0 radical (unpaired) electrons. The third kappa shape index (κ3) is 2.67. The number of halogens is 3. The largest absolute Gasteiger partial charge is 0.416 e. The minimum Gasteiger partial charge on any atom is -0.290 e. The first-order chi connectivity index (χ1) is 10.4. The van der Waals surface area contributed by atoms with Gasteiger partial charge >= 0.3 is 6.18 Å². The van der Waals surface area contributed by atoms with Crippen molar-refractivity contribution >= 4 is 0 Å². The van der Waals surface area contributed by atoms with E-state index in [1.54, 1.807) is 0 Å². The van der Waals surface area contributed by atoms with Crippen LogP contribution in [0, 0.1) is 0 Å². The molecule has 0 amide bonds. The number of hydrogen-bond donors (Lipinski definition) is 1. The van der Waals surface area contributed by atoms with Crippen molar-refractivity contribution in [1.29, 1.82) is 0 Å². The molecule has 0 fully saturated rings. The lowest BCUT2D eigenvalue weighted by Crippen LogP contribution is -2.14. The molecule has 1 aromatic heterocycles. The Bertz CT molecular complexity index is 848. The van der Waals surface area contributed by atoms with Crippen molar-refractivity contribution < 1.29 is 13.2 Å². The van der Waals surface area contributed by atoms with E-state index in [2.05, 4.69) is 5.10 Å². The maximum atomic E-state index is 12.8. The van der Waals surface area contributed by atoms with Crippen molar-refractivity contribution in [3.8, 4) is 16.9 Å². The molecule has 0 saturated heterocycles. The summed E-state index contributed by atoms with van der Waals surface area (Å²) in [5, 5.41) is 2.83. The van der Waals surface area contributed by atoms with Gasteiger partial charge in [0.2, 0.25) is 0 Å². The second kappa shape index (κ2) is 5.22. The Morgan fingerprint density at radius 2 is 1.64 bits per heavy atom. The fourth-order valence-electron chi connectivity index (χ4n) is 2.17. The smallest absolute Gasteiger partial charge is 0.290 e. The van der Waals surface area contributed by atoms with Crippen molar-refractivity contribution in [1.82, 2.24) is 9.78 Å². The molecule has 1 heterocycles. The number of hydrogen-bond acceptors (Lipinski definition) is 1. The molecule has 0 aliphatic rings. The number of H-pyrrole nitrogens is 1. The maximum Gasteiger partial charge on any atom is 0.416 e. The zero-order valence-electron chi connectivity index (χ0n) is 11.3. The van der Waals surface area contributed by atoms with Crippen LogP contribution in [0.4, 0.5) is 13.2 Å². The van der Waals surface area contributed by atoms with Crippen molar-refractivity contribution in [2.24, 2.45) is 0 Å². The molecule has 112 valence electrons. The van der Waals surface area contributed by atoms with Crippen LogP contribution in [0.1, 0.15) is 5.56 Å². The Morgan fingerprint density at radius 3 is 2.32 bits per heavy atom. The second-order valence-corrected chi connectivity index (χ2v) is 4.76. The summed E-state index contributed by atoms with van der Waals surface area (Å²) in [7, 11) is 0. The zero-order valence-corrected chi connectivity index (χ0v) is 11.3. The Kier molecular flexibility index (Phi) is 3.36. The molecule has 0 atom stereocenters. The molecule has 0 aliphatic carbocycles. The third-order valence-corrected chi connectivity index (χ3v) is 3.24. The van der Waals surface area contributed by atoms with Gasteiger partial charge in [-0.25, -0.2) is 4.68 Å². The highest BCUT2D eigenvalue weighted by Crippen LogP contribution is 2.30. The molecule has 0 unspecified atom stereocenters. The summed E-state index contributed by atoms with van der Waals surface area (Å²) >= 11 is 0. The molecule has 0 spiro atoms. The van der Waals surface area contributed by atoms with E-state index in [0.29, 0.717) is 5.69 Å². The predicted molar refractivity (Wildman–Crippen MR) is 76.8 cm³/mol. The van der Waals surface area contributed by atoms with Crippen LogP contribution in [0.3, 0.4) is 0 Å². The first-order valence-corrected chi connectivity index (χ1v) is 6.50. The summed E-state index contributed by atoms with van der Waals surface area (Å²) in [6.07, 6.45) is -4.45. The highest BCUT2D eigenvalue weighted by Gasteiger charge is 2.30. The number of aromatic amines is 1. The van der Waals surface area contributed by atoms with E-state index in [0.717, 1.165) is 22.4 Å². The number of benzene rings is 2. The zero-order chi connectivity index (χ0) is 15.7. The van der Waals surface area contributed by atoms with Crippen LogP contribution in [-0.2, 0) is 6.18 Å². The van der Waals surface area contributed by atoms with Gasteiger partial charge in [0.05, 0.1) is 16.9 Å². The van der Waals surface area contributed by atoms with Crippen LogP contribution in [0.15, 0.2) is 65.5 Å². The van der Waals surface area contributed by atoms with Crippen LogP contribution in [0.2, 0.25) is 0 Å². The van der Waals surface area contributed by atoms with Gasteiger partial charge < -0.3 is 0 Å². The van der Waals surface area contributed by atoms with Crippen LogP contribution < -0.4 is 5.56 Å². The maximum absolute atomic E-state index is 12.8. The van der Waals surface area contributed by atoms with Gasteiger partial charge in [-0.3, -0.25) is 9.89 Å². The lowest BCUT2D eigenvalue weighted by atomic mass is 10.2. The van der Waals surface area contributed by atoms with Crippen LogP contribution in [-0.4, -0.2) is 9.78 Å². The van der Waals surface area contributed by atoms with E-state index in [1.807, 2.05) is 30.3 Å². The first kappa shape index (κ1) is 14.2. The van der Waals surface area contributed by atoms with Gasteiger partial charge in [-0.05, 0) is 23.8 Å². The molecule has 0 aliphatic heterocycles. The normalized spacial score (nSPS) is 11.6. The molecule has 3 aromatic rings. The van der Waals surface area contributed by atoms with Crippen molar-refractivity contribution in [3.63, 3.8) is 0 Å². The summed E-state index contributed by atoms with van der Waals surface area (Å²) in [6.45, 7) is 0. The fraction of sp³-hybridized carbons (Fsp3) is 0.0625. The van der Waals surface area contributed by atoms with Gasteiger partial charge in [0.1, 0.15) is 0 Å². The Labute approximate surface area is 123 Å². The lowest BCUT2D eigenvalue weighted by Gasteiger charge is -2.08. The van der Waals surface area contributed by atoms with E-state index in [4.69, 9.17) is 0 Å². The van der Waals surface area contributed by atoms with Crippen molar-refractivity contribution in [3.05, 3.63) is 76.6 Å². The number of nitrogens with zero attached hydrogens (tertiary/aromatic N) is 1. The van der Waals surface area contributed by atoms with Crippen LogP contribution in [0.5, 0.6) is 0 Å². The fourth-order valence-corrected chi connectivity index (χ4v) is 2.17. The molecule has 0 saturated carbocycles. The molecule has 22 heavy (non-hydrogen) atoms. The minimum atomic E-state index is -4.45. The van der Waals surface area contributed by atoms with E-state index in [9.17, 15) is 18.0 Å². The molecule has 3 nitrogen and oxygen atoms in total. The van der Waals surface area contributed by atoms with E-state index >= 15 is 0 Å². The lowest BCUT2D eigenvalue weighted by molar-refractivity contribution is -0.137. The average Bonchev–Trinajstić information content (AvgIpc) is 2.89. The van der Waals surface area contributed by atoms with Crippen LogP contribution >= 0.6 is 0 Å². The minimum absolute atomic E-state index is 0.141. The average molecular weight is 304 g/mol. The number of aromatic nitrogens is 2. The van der Waals surface area contributed by atoms with E-state index in [-0.39, 0.29) is 5.69 Å². The Morgan fingerprint density at radius 1 is 0.909 bits per heavy atom. The number of alkyl halides is 3. The quantitative estimate of drug-likeness (QED) is 0.767. The number of rotatable bonds is 2. The Balaban J connectivity index is 2.07. The van der Waals surface area contributed by atoms with Gasteiger partial charge in [-0.15, -0.1) is 0 Å². The summed E-state index contributed by atoms with van der Waals surface area (Å²) in [5.74, 6) is 0. The topological polar surface area (TPSA) is 37.8 Å². The number of nitrogens with one attached hydrogen (secondary N) is 1. The predicted octanol–water partition coefficient (Wildman–Crippen LogP) is 3.85. The molecule has 1 N–H and O–H groups in total. The summed E-state index contributed by atoms with van der Waals surface area (Å²) < 4.78 is 39.4. The standard InChI is InChI=1S/C16H11F3N2O/c17-16(18,19)12-7-4-8-13(9-12)21-15(22)10-14(20-21)11-5-2-1-3-6-11/h1-10,20H. The van der Waals surface area contributed by atoms with Crippen molar-refractivity contribution in [2.45, 2.75) is 6.18 Å². The second-order valence-electron chi connectivity index (χ2n) is 4.76. The van der Waals surface area contributed by atoms with E-state index in [1.165, 1.54) is 18.2 Å². The first-order valence-electron chi connectivity index (χ1n) is 6.50. The summed E-state index contributed by atoms with van der Waals surface area (Å²) in [4.78, 5) is 12.0. The summed E-state index contributed by atoms with van der Waals surface area (Å²) in [5.41, 5.74) is 0.251. The Hall–Kier alpha value is -2.76. The molecule has 3 rings (SSSR count). The van der Waals surface area contributed by atoms with Gasteiger partial charge in [0, 0.05) is 6.07 Å². The molecular weight excluding hydrogens is 293 g/mol. The van der Waals surface area contributed by atoms with Crippen molar-refractivity contribution in [2.75, 3.05) is 0 Å². The highest BCUT2D eigenvalue weighted by molar-refractivity contribution is 5.58. The monoisotopic (exact) mass is 304 g/mol. The van der Waals surface area contributed by atoms with Gasteiger partial charge in [0.15, 0.2) is 0 Å². The van der Waals surface area contributed by atoms with E-state index < -0.39 is 17.3 Å². The third-order valence-electron chi connectivity index (χ3n) is 3.24. The molecule has 6 heteroatoms. The highest BCUT2D eigenvalue weighted by atomic mass is 19.4.